The number of hydrogen-bond acceptors (Lipinski definition) is 9. The van der Waals surface area contributed by atoms with Gasteiger partial charge >= 0.3 is 0 Å². The van der Waals surface area contributed by atoms with Crippen LogP contribution in [0.4, 0.5) is 23.1 Å². The summed E-state index contributed by atoms with van der Waals surface area (Å²) in [7, 11) is -1.67. The summed E-state index contributed by atoms with van der Waals surface area (Å²) >= 11 is 0. The molecular weight excluding hydrogens is 458 g/mol. The largest absolute Gasteiger partial charge is 0.495 e. The number of nitrogens with two attached hydrogens (primary N) is 1. The number of piperazine rings is 1. The fraction of sp³-hybridized carbons (Fsp3) is 0.500. The number of rotatable bonds is 9. The van der Waals surface area contributed by atoms with E-state index < -0.39 is 21.2 Å². The molecule has 12 heteroatoms. The lowest BCUT2D eigenvalue weighted by Crippen LogP contribution is -2.50. The third-order valence-corrected chi connectivity index (χ3v) is 8.22. The first kappa shape index (κ1) is 24.0. The van der Waals surface area contributed by atoms with Crippen molar-refractivity contribution in [1.82, 2.24) is 14.3 Å². The molecule has 4 N–H and O–H groups in total. The van der Waals surface area contributed by atoms with E-state index in [0.717, 1.165) is 18.5 Å². The summed E-state index contributed by atoms with van der Waals surface area (Å²) in [6, 6.07) is 5.95. The van der Waals surface area contributed by atoms with Crippen LogP contribution in [0.3, 0.4) is 0 Å². The highest BCUT2D eigenvalue weighted by Crippen LogP contribution is 2.33. The van der Waals surface area contributed by atoms with E-state index in [2.05, 4.69) is 25.5 Å². The van der Waals surface area contributed by atoms with Gasteiger partial charge < -0.3 is 26.0 Å². The molecule has 184 valence electrons. The molecule has 0 spiro atoms. The summed E-state index contributed by atoms with van der Waals surface area (Å²) in [6.07, 6.45) is 3.47. The number of benzene rings is 1. The number of amides is 1. The Morgan fingerprint density at radius 2 is 1.91 bits per heavy atom. The molecule has 0 bridgehead atoms. The summed E-state index contributed by atoms with van der Waals surface area (Å²) < 4.78 is 32.1. The zero-order valence-corrected chi connectivity index (χ0v) is 20.4. The lowest BCUT2D eigenvalue weighted by atomic mass is 10.2. The van der Waals surface area contributed by atoms with E-state index in [1.165, 1.54) is 6.20 Å². The molecule has 1 saturated heterocycles. The van der Waals surface area contributed by atoms with Crippen molar-refractivity contribution in [2.45, 2.75) is 38.0 Å². The van der Waals surface area contributed by atoms with Gasteiger partial charge in [-0.1, -0.05) is 0 Å². The van der Waals surface area contributed by atoms with Crippen LogP contribution in [-0.4, -0.2) is 73.2 Å². The number of nitrogens with one attached hydrogen (secondary N) is 2. The van der Waals surface area contributed by atoms with Gasteiger partial charge in [-0.3, -0.25) is 4.79 Å². The van der Waals surface area contributed by atoms with Crippen molar-refractivity contribution in [2.24, 2.45) is 5.73 Å². The SMILES string of the molecule is COc1cc(Nc2ncc(C(N)=O)c(NC3CC3)n2)ccc1N1CCN(S(=O)(=O)C(C)C)CC1. The minimum atomic E-state index is -3.26. The molecule has 1 saturated carbocycles. The Kier molecular flexibility index (Phi) is 6.80. The van der Waals surface area contributed by atoms with Gasteiger partial charge in [0.25, 0.3) is 5.91 Å². The second kappa shape index (κ2) is 9.63. The maximum Gasteiger partial charge on any atom is 0.254 e. The van der Waals surface area contributed by atoms with Gasteiger partial charge in [-0.15, -0.1) is 0 Å². The van der Waals surface area contributed by atoms with E-state index in [1.807, 2.05) is 18.2 Å². The van der Waals surface area contributed by atoms with Crippen LogP contribution in [0.15, 0.2) is 24.4 Å². The number of nitrogens with zero attached hydrogens (tertiary/aromatic N) is 4. The molecule has 0 unspecified atom stereocenters. The third kappa shape index (κ3) is 5.17. The number of hydrogen-bond donors (Lipinski definition) is 3. The molecule has 4 rings (SSSR count). The Hall–Kier alpha value is -3.12. The van der Waals surface area contributed by atoms with E-state index in [1.54, 1.807) is 25.3 Å². The van der Waals surface area contributed by atoms with Crippen molar-refractivity contribution in [3.8, 4) is 5.75 Å². The molecule has 0 radical (unpaired) electrons. The van der Waals surface area contributed by atoms with E-state index >= 15 is 0 Å². The zero-order valence-electron chi connectivity index (χ0n) is 19.6. The highest BCUT2D eigenvalue weighted by atomic mass is 32.2. The maximum atomic E-state index is 12.4. The highest BCUT2D eigenvalue weighted by Gasteiger charge is 2.30. The summed E-state index contributed by atoms with van der Waals surface area (Å²) in [5.41, 5.74) is 7.30. The van der Waals surface area contributed by atoms with E-state index in [-0.39, 0.29) is 5.56 Å². The first-order valence-electron chi connectivity index (χ1n) is 11.3. The molecule has 1 aromatic carbocycles. The Morgan fingerprint density at radius 3 is 2.50 bits per heavy atom. The van der Waals surface area contributed by atoms with Crippen LogP contribution < -0.4 is 26.0 Å². The second-order valence-corrected chi connectivity index (χ2v) is 11.2. The Balaban J connectivity index is 1.48. The summed E-state index contributed by atoms with van der Waals surface area (Å²) in [5, 5.41) is 5.93. The number of sulfonamides is 1. The van der Waals surface area contributed by atoms with Crippen LogP contribution in [0.2, 0.25) is 0 Å². The number of carbonyl (C=O) groups excluding carboxylic acids is 1. The lowest BCUT2D eigenvalue weighted by Gasteiger charge is -2.36. The van der Waals surface area contributed by atoms with Gasteiger partial charge in [0.05, 0.1) is 23.6 Å². The second-order valence-electron chi connectivity index (χ2n) is 8.73. The number of methoxy groups -OCH3 is 1. The van der Waals surface area contributed by atoms with Gasteiger partial charge in [-0.05, 0) is 38.8 Å². The number of ether oxygens (including phenoxy) is 1. The lowest BCUT2D eigenvalue weighted by molar-refractivity contribution is 0.100. The molecule has 0 atom stereocenters. The summed E-state index contributed by atoms with van der Waals surface area (Å²) in [4.78, 5) is 22.5. The van der Waals surface area contributed by atoms with Crippen LogP contribution in [0.1, 0.15) is 37.0 Å². The van der Waals surface area contributed by atoms with Gasteiger partial charge in [0.2, 0.25) is 16.0 Å². The van der Waals surface area contributed by atoms with Crippen molar-refractivity contribution in [1.29, 1.82) is 0 Å². The topological polar surface area (TPSA) is 143 Å². The predicted molar refractivity (Wildman–Crippen MR) is 131 cm³/mol. The van der Waals surface area contributed by atoms with Crippen LogP contribution >= 0.6 is 0 Å². The average Bonchev–Trinajstić information content (AvgIpc) is 3.63. The van der Waals surface area contributed by atoms with Gasteiger partial charge in [0.15, 0.2) is 0 Å². The van der Waals surface area contributed by atoms with Crippen molar-refractivity contribution in [3.63, 3.8) is 0 Å². The van der Waals surface area contributed by atoms with Gasteiger partial charge in [-0.25, -0.2) is 13.4 Å². The normalized spacial score (nSPS) is 17.0. The minimum Gasteiger partial charge on any atom is -0.495 e. The van der Waals surface area contributed by atoms with Crippen molar-refractivity contribution in [3.05, 3.63) is 30.0 Å². The summed E-state index contributed by atoms with van der Waals surface area (Å²) in [5.74, 6) is 0.818. The van der Waals surface area contributed by atoms with E-state index in [9.17, 15) is 13.2 Å². The smallest absolute Gasteiger partial charge is 0.254 e. The molecule has 1 aliphatic carbocycles. The highest BCUT2D eigenvalue weighted by molar-refractivity contribution is 7.89. The fourth-order valence-electron chi connectivity index (χ4n) is 3.78. The van der Waals surface area contributed by atoms with Gasteiger partial charge in [-0.2, -0.15) is 9.29 Å². The first-order chi connectivity index (χ1) is 16.2. The quantitative estimate of drug-likeness (QED) is 0.480. The molecule has 2 aromatic rings. The molecule has 1 aliphatic heterocycles. The van der Waals surface area contributed by atoms with Gasteiger partial charge in [0.1, 0.15) is 11.6 Å². The number of primary amides is 1. The molecule has 1 aromatic heterocycles. The van der Waals surface area contributed by atoms with Gasteiger partial charge in [0, 0.05) is 50.2 Å². The van der Waals surface area contributed by atoms with Crippen LogP contribution in [0.25, 0.3) is 0 Å². The number of carbonyl (C=O) groups is 1. The van der Waals surface area contributed by atoms with Crippen molar-refractivity contribution >= 4 is 39.1 Å². The van der Waals surface area contributed by atoms with Crippen molar-refractivity contribution in [2.75, 3.05) is 48.8 Å². The maximum absolute atomic E-state index is 12.4. The van der Waals surface area contributed by atoms with Crippen LogP contribution in [-0.2, 0) is 10.0 Å². The Bertz CT molecular complexity index is 1160. The minimum absolute atomic E-state index is 0.254. The average molecular weight is 490 g/mol. The molecule has 2 fully saturated rings. The summed E-state index contributed by atoms with van der Waals surface area (Å²) in [6.45, 7) is 5.41. The number of aromatic nitrogens is 2. The molecular formula is C22H31N7O4S. The van der Waals surface area contributed by atoms with Crippen LogP contribution in [0.5, 0.6) is 5.75 Å². The van der Waals surface area contributed by atoms with E-state index in [0.29, 0.717) is 55.4 Å². The Morgan fingerprint density at radius 1 is 1.21 bits per heavy atom. The fourth-order valence-corrected chi connectivity index (χ4v) is 5.05. The Labute approximate surface area is 199 Å². The first-order valence-corrected chi connectivity index (χ1v) is 12.8. The van der Waals surface area contributed by atoms with Crippen LogP contribution in [0, 0.1) is 0 Å². The monoisotopic (exact) mass is 489 g/mol. The molecule has 11 nitrogen and oxygen atoms in total. The molecule has 2 heterocycles. The molecule has 2 aliphatic rings. The predicted octanol–water partition coefficient (Wildman–Crippen LogP) is 1.76. The molecule has 34 heavy (non-hydrogen) atoms. The molecule has 1 amide bonds. The third-order valence-electron chi connectivity index (χ3n) is 5.94. The zero-order chi connectivity index (χ0) is 24.5. The van der Waals surface area contributed by atoms with E-state index in [4.69, 9.17) is 10.5 Å². The number of anilines is 4. The van der Waals surface area contributed by atoms with Crippen molar-refractivity contribution < 1.29 is 17.9 Å². The standard InChI is InChI=1S/C22H31N7O4S/c1-14(2)34(31,32)29-10-8-28(9-11-29)18-7-6-16(12-19(18)33-3)26-22-24-13-17(20(23)30)21(27-22)25-15-4-5-15/h6-7,12-15H,4-5,8-11H2,1-3H3,(H2,23,30)(H2,24,25,26,27).